The van der Waals surface area contributed by atoms with Gasteiger partial charge >= 0.3 is 11.7 Å². The molecule has 3 amide bonds. The number of halogens is 3. The van der Waals surface area contributed by atoms with Crippen LogP contribution in [-0.2, 0) is 9.59 Å². The predicted molar refractivity (Wildman–Crippen MR) is 179 cm³/mol. The summed E-state index contributed by atoms with van der Waals surface area (Å²) in [5.41, 5.74) is 0.606. The van der Waals surface area contributed by atoms with E-state index in [9.17, 15) is 23.6 Å². The fraction of sp³-hybridized carbons (Fsp3) is 0.412. The summed E-state index contributed by atoms with van der Waals surface area (Å²) in [6.45, 7) is 4.08. The lowest BCUT2D eigenvalue weighted by Crippen LogP contribution is -2.46. The molecule has 14 heteroatoms. The number of rotatable bonds is 6. The molecule has 252 valence electrons. The number of nitrogens with zero attached hydrogens (tertiary/aromatic N) is 6. The third-order valence-electron chi connectivity index (χ3n) is 8.62. The van der Waals surface area contributed by atoms with Crippen LogP contribution >= 0.6 is 23.2 Å². The summed E-state index contributed by atoms with van der Waals surface area (Å²) in [7, 11) is 0. The highest BCUT2D eigenvalue weighted by Crippen LogP contribution is 2.39. The molecular weight excluding hydrogens is 662 g/mol. The van der Waals surface area contributed by atoms with E-state index in [1.807, 2.05) is 6.92 Å². The number of imide groups is 1. The van der Waals surface area contributed by atoms with Crippen molar-refractivity contribution in [3.8, 4) is 23.8 Å². The number of para-hydroxylation sites is 1. The molecule has 2 aromatic carbocycles. The molecule has 1 saturated carbocycles. The molecule has 1 unspecified atom stereocenters. The van der Waals surface area contributed by atoms with Gasteiger partial charge in [-0.05, 0) is 81.0 Å². The van der Waals surface area contributed by atoms with E-state index in [4.69, 9.17) is 34.4 Å². The van der Waals surface area contributed by atoms with E-state index >= 15 is 0 Å². The Morgan fingerprint density at radius 2 is 1.65 bits per heavy atom. The standard InChI is InChI=1S/C18H15ClFNO3.C16H20ClN5O2/c1-3-10(2)24-16-9-15(14(20)8-13(16)19)21-17(22)11-6-4-5-7-12(11)18(21)23;1-2-20(12-8-4-3-5-9-12)15(23)22-16(24)21(18-19-22)14-11-7-6-10-13(14)17/h1,8-10H,4-7H2,2H3;6-7,10-12H,2-5,8-9H2,1H3. The Morgan fingerprint density at radius 3 is 2.25 bits per heavy atom. The number of anilines is 1. The monoisotopic (exact) mass is 696 g/mol. The van der Waals surface area contributed by atoms with Crippen molar-refractivity contribution in [3.05, 3.63) is 73.9 Å². The largest absolute Gasteiger partial charge is 0.476 e. The first kappa shape index (κ1) is 34.9. The third-order valence-corrected chi connectivity index (χ3v) is 9.23. The maximum atomic E-state index is 14.4. The number of hydrogen-bond acceptors (Lipinski definition) is 7. The van der Waals surface area contributed by atoms with Gasteiger partial charge in [0.1, 0.15) is 11.6 Å². The number of terminal acetylenes is 1. The van der Waals surface area contributed by atoms with Gasteiger partial charge in [0.15, 0.2) is 6.10 Å². The molecule has 0 N–H and O–H groups in total. The molecule has 0 bridgehead atoms. The lowest BCUT2D eigenvalue weighted by molar-refractivity contribution is -0.120. The fourth-order valence-corrected chi connectivity index (χ4v) is 6.58. The Bertz CT molecular complexity index is 1830. The van der Waals surface area contributed by atoms with Gasteiger partial charge in [-0.15, -0.1) is 11.1 Å². The normalized spacial score (nSPS) is 17.0. The lowest BCUT2D eigenvalue weighted by atomic mass is 9.93. The molecule has 0 saturated heterocycles. The highest BCUT2D eigenvalue weighted by Gasteiger charge is 2.41. The van der Waals surface area contributed by atoms with Crippen molar-refractivity contribution >= 4 is 46.7 Å². The lowest BCUT2D eigenvalue weighted by Gasteiger charge is -2.32. The number of ether oxygens (including phenoxy) is 1. The van der Waals surface area contributed by atoms with Crippen LogP contribution in [0.1, 0.15) is 71.6 Å². The van der Waals surface area contributed by atoms with Gasteiger partial charge < -0.3 is 9.64 Å². The molecule has 1 atom stereocenters. The number of aromatic nitrogens is 4. The Balaban J connectivity index is 0.000000188. The van der Waals surface area contributed by atoms with E-state index in [0.29, 0.717) is 41.2 Å². The molecule has 2 aliphatic carbocycles. The smallest absolute Gasteiger partial charge is 0.377 e. The zero-order chi connectivity index (χ0) is 34.5. The fourth-order valence-electron chi connectivity index (χ4n) is 6.17. The number of tetrazole rings is 1. The Kier molecular flexibility index (Phi) is 11.0. The molecule has 3 aromatic rings. The molecule has 0 radical (unpaired) electrons. The Hall–Kier alpha value is -4.47. The molecular formula is C34H35Cl2FN6O5. The van der Waals surface area contributed by atoms with E-state index in [0.717, 1.165) is 58.9 Å². The summed E-state index contributed by atoms with van der Waals surface area (Å²) >= 11 is 12.1. The molecule has 1 fully saturated rings. The number of benzene rings is 2. The zero-order valence-corrected chi connectivity index (χ0v) is 28.1. The van der Waals surface area contributed by atoms with Gasteiger partial charge in [-0.3, -0.25) is 9.59 Å². The van der Waals surface area contributed by atoms with E-state index in [1.165, 1.54) is 12.5 Å². The number of carbonyl (C=O) groups is 3. The van der Waals surface area contributed by atoms with Crippen LogP contribution in [0.4, 0.5) is 14.9 Å². The minimum atomic E-state index is -0.762. The van der Waals surface area contributed by atoms with Crippen LogP contribution in [-0.4, -0.2) is 61.2 Å². The second kappa shape index (κ2) is 15.2. The molecule has 1 aliphatic heterocycles. The van der Waals surface area contributed by atoms with E-state index < -0.39 is 35.5 Å². The summed E-state index contributed by atoms with van der Waals surface area (Å²) < 4.78 is 21.7. The van der Waals surface area contributed by atoms with Crippen molar-refractivity contribution in [1.29, 1.82) is 0 Å². The van der Waals surface area contributed by atoms with Gasteiger partial charge in [0.05, 0.1) is 21.4 Å². The minimum absolute atomic E-state index is 0.0233. The molecule has 6 rings (SSSR count). The van der Waals surface area contributed by atoms with Crippen molar-refractivity contribution in [2.75, 3.05) is 11.4 Å². The average Bonchev–Trinajstić information content (AvgIpc) is 3.59. The second-order valence-corrected chi connectivity index (χ2v) is 12.5. The Labute approximate surface area is 287 Å². The SMILES string of the molecule is C#CC(C)Oc1cc(N2C(=O)C3=C(CCCC3)C2=O)c(F)cc1Cl.CCN(C(=O)n1nnn(-c2ccccc2Cl)c1=O)C1CCCCC1. The quantitative estimate of drug-likeness (QED) is 0.168. The highest BCUT2D eigenvalue weighted by molar-refractivity contribution is 6.34. The summed E-state index contributed by atoms with van der Waals surface area (Å²) in [4.78, 5) is 53.0. The van der Waals surface area contributed by atoms with E-state index in [-0.39, 0.29) is 22.5 Å². The van der Waals surface area contributed by atoms with Crippen LogP contribution in [0.2, 0.25) is 10.0 Å². The van der Waals surface area contributed by atoms with Crippen molar-refractivity contribution in [2.45, 2.75) is 83.8 Å². The minimum Gasteiger partial charge on any atom is -0.476 e. The van der Waals surface area contributed by atoms with E-state index in [1.54, 1.807) is 36.1 Å². The predicted octanol–water partition coefficient (Wildman–Crippen LogP) is 6.33. The number of hydrogen-bond donors (Lipinski definition) is 0. The van der Waals surface area contributed by atoms with Crippen molar-refractivity contribution in [3.63, 3.8) is 0 Å². The highest BCUT2D eigenvalue weighted by atomic mass is 35.5. The number of amides is 3. The molecule has 48 heavy (non-hydrogen) atoms. The Morgan fingerprint density at radius 1 is 1.00 bits per heavy atom. The maximum absolute atomic E-state index is 14.4. The molecule has 0 spiro atoms. The van der Waals surface area contributed by atoms with Gasteiger partial charge in [-0.2, -0.15) is 4.68 Å². The first-order chi connectivity index (χ1) is 23.1. The summed E-state index contributed by atoms with van der Waals surface area (Å²) in [6.07, 6.45) is 12.8. The van der Waals surface area contributed by atoms with Gasteiger partial charge in [0, 0.05) is 29.8 Å². The van der Waals surface area contributed by atoms with Crippen LogP contribution in [0, 0.1) is 18.2 Å². The van der Waals surface area contributed by atoms with Gasteiger partial charge in [-0.1, -0.05) is 60.5 Å². The van der Waals surface area contributed by atoms with Crippen molar-refractivity contribution < 1.29 is 23.5 Å². The maximum Gasteiger partial charge on any atom is 0.377 e. The summed E-state index contributed by atoms with van der Waals surface area (Å²) in [5, 5.41) is 7.98. The average molecular weight is 698 g/mol. The van der Waals surface area contributed by atoms with E-state index in [2.05, 4.69) is 16.3 Å². The molecule has 11 nitrogen and oxygen atoms in total. The van der Waals surface area contributed by atoms with Gasteiger partial charge in [0.2, 0.25) is 0 Å². The third kappa shape index (κ3) is 7.03. The number of carbonyl (C=O) groups excluding carboxylic acids is 3. The topological polar surface area (TPSA) is 120 Å². The zero-order valence-electron chi connectivity index (χ0n) is 26.6. The summed E-state index contributed by atoms with van der Waals surface area (Å²) in [5.74, 6) is 0.807. The molecule has 3 aliphatic rings. The summed E-state index contributed by atoms with van der Waals surface area (Å²) in [6, 6.07) is 8.83. The molecule has 1 aromatic heterocycles. The van der Waals surface area contributed by atoms with Crippen LogP contribution in [0.15, 0.2) is 52.3 Å². The van der Waals surface area contributed by atoms with Gasteiger partial charge in [-0.25, -0.2) is 18.9 Å². The van der Waals surface area contributed by atoms with Crippen LogP contribution in [0.25, 0.3) is 5.69 Å². The first-order valence-corrected chi connectivity index (χ1v) is 16.7. The van der Waals surface area contributed by atoms with Crippen LogP contribution < -0.4 is 15.3 Å². The van der Waals surface area contributed by atoms with Gasteiger partial charge in [0.25, 0.3) is 11.8 Å². The first-order valence-electron chi connectivity index (χ1n) is 15.9. The van der Waals surface area contributed by atoms with Crippen LogP contribution in [0.5, 0.6) is 5.75 Å². The van der Waals surface area contributed by atoms with Crippen molar-refractivity contribution in [2.24, 2.45) is 0 Å². The second-order valence-electron chi connectivity index (χ2n) is 11.7. The van der Waals surface area contributed by atoms with Crippen LogP contribution in [0.3, 0.4) is 0 Å². The van der Waals surface area contributed by atoms with Crippen molar-refractivity contribution in [1.82, 2.24) is 24.7 Å². The molecule has 2 heterocycles.